The summed E-state index contributed by atoms with van der Waals surface area (Å²) in [4.78, 5) is 51.8. The summed E-state index contributed by atoms with van der Waals surface area (Å²) in [7, 11) is 0. The summed E-state index contributed by atoms with van der Waals surface area (Å²) < 4.78 is 5.47. The van der Waals surface area contributed by atoms with Crippen LogP contribution in [0.4, 0.5) is 0 Å². The summed E-state index contributed by atoms with van der Waals surface area (Å²) in [5.41, 5.74) is 3.62. The lowest BCUT2D eigenvalue weighted by Gasteiger charge is -2.54. The van der Waals surface area contributed by atoms with Crippen LogP contribution in [0.3, 0.4) is 0 Å². The van der Waals surface area contributed by atoms with Crippen LogP contribution in [0.15, 0.2) is 78.9 Å². The Morgan fingerprint density at radius 2 is 1.24 bits per heavy atom. The van der Waals surface area contributed by atoms with Gasteiger partial charge in [-0.15, -0.1) is 23.2 Å². The SMILES string of the molecule is CC[C@H](OC(=O)CCCCCN1C(=O)[C@@H]2[C@@H](C1=O)C1(Cl)c3ccccc3C2(Cl)c2ccccc21)C(=O)c1ccccc1. The Balaban J connectivity index is 1.10. The van der Waals surface area contributed by atoms with Gasteiger partial charge < -0.3 is 4.74 Å². The molecule has 0 N–H and O–H groups in total. The lowest BCUT2D eigenvalue weighted by Crippen LogP contribution is -2.57. The second-order valence-corrected chi connectivity index (χ2v) is 12.4. The van der Waals surface area contributed by atoms with E-state index in [1.807, 2.05) is 54.6 Å². The van der Waals surface area contributed by atoms with Crippen LogP contribution in [0.25, 0.3) is 0 Å². The quantitative estimate of drug-likeness (QED) is 0.0887. The van der Waals surface area contributed by atoms with Crippen LogP contribution in [0.2, 0.25) is 0 Å². The Kier molecular flexibility index (Phi) is 7.48. The molecule has 0 aromatic heterocycles. The van der Waals surface area contributed by atoms with Crippen molar-refractivity contribution in [2.75, 3.05) is 6.54 Å². The Hall–Kier alpha value is -3.48. The molecule has 42 heavy (non-hydrogen) atoms. The van der Waals surface area contributed by atoms with Crippen LogP contribution in [0.1, 0.15) is 71.6 Å². The van der Waals surface area contributed by atoms with Crippen molar-refractivity contribution in [2.45, 2.75) is 54.9 Å². The van der Waals surface area contributed by atoms with Crippen LogP contribution >= 0.6 is 23.2 Å². The molecule has 0 radical (unpaired) electrons. The molecule has 1 heterocycles. The first-order valence-corrected chi connectivity index (χ1v) is 15.2. The maximum absolute atomic E-state index is 13.9. The molecule has 2 bridgehead atoms. The number of esters is 1. The van der Waals surface area contributed by atoms with Crippen molar-refractivity contribution in [3.8, 4) is 0 Å². The number of carbonyl (C=O) groups is 4. The lowest BCUT2D eigenvalue weighted by molar-refractivity contribution is -0.147. The van der Waals surface area contributed by atoms with Crippen molar-refractivity contribution in [1.82, 2.24) is 4.90 Å². The number of hydrogen-bond acceptors (Lipinski definition) is 5. The van der Waals surface area contributed by atoms with Crippen molar-refractivity contribution < 1.29 is 23.9 Å². The van der Waals surface area contributed by atoms with E-state index >= 15 is 0 Å². The fourth-order valence-electron chi connectivity index (χ4n) is 6.99. The van der Waals surface area contributed by atoms with E-state index in [1.54, 1.807) is 31.2 Å². The number of ketones is 1. The van der Waals surface area contributed by atoms with Crippen LogP contribution in [0.5, 0.6) is 0 Å². The number of hydrogen-bond donors (Lipinski definition) is 0. The molecule has 3 aromatic carbocycles. The number of likely N-dealkylation sites (tertiary alicyclic amines) is 1. The summed E-state index contributed by atoms with van der Waals surface area (Å²) in [5.74, 6) is -2.89. The molecule has 1 aliphatic heterocycles. The van der Waals surface area contributed by atoms with E-state index in [0.717, 1.165) is 22.3 Å². The first kappa shape index (κ1) is 28.6. The third-order valence-electron chi connectivity index (χ3n) is 8.93. The summed E-state index contributed by atoms with van der Waals surface area (Å²) >= 11 is 14.9. The van der Waals surface area contributed by atoms with Gasteiger partial charge in [-0.25, -0.2) is 0 Å². The molecule has 7 rings (SSSR count). The lowest BCUT2D eigenvalue weighted by atomic mass is 9.54. The maximum Gasteiger partial charge on any atom is 0.306 e. The van der Waals surface area contributed by atoms with Crippen LogP contribution in [-0.2, 0) is 28.9 Å². The number of Topliss-reactive ketones (excluding diaryl/α,β-unsaturated/α-hetero) is 1. The van der Waals surface area contributed by atoms with E-state index in [2.05, 4.69) is 0 Å². The molecule has 6 nitrogen and oxygen atoms in total. The molecule has 0 saturated carbocycles. The van der Waals surface area contributed by atoms with Gasteiger partial charge in [0.05, 0.1) is 11.8 Å². The van der Waals surface area contributed by atoms with Gasteiger partial charge in [0.2, 0.25) is 17.6 Å². The molecule has 1 saturated heterocycles. The Morgan fingerprint density at radius 1 is 0.762 bits per heavy atom. The fraction of sp³-hybridized carbons (Fsp3) is 0.353. The predicted molar refractivity (Wildman–Crippen MR) is 159 cm³/mol. The standard InChI is InChI=1S/C34H31Cl2NO5/c1-2-26(30(39)21-13-5-3-6-14-21)42-27(38)19-7-4-12-20-37-31(40)28-29(32(37)41)34(36)23-16-9-8-15-22(23)33(28,35)24-17-10-11-18-25(24)34/h3,5-6,8-11,13-18,26,28-29H,2,4,7,12,19-20H2,1H3/t26-,28-,29-,33?,34?/m0/s1. The van der Waals surface area contributed by atoms with E-state index in [4.69, 9.17) is 27.9 Å². The van der Waals surface area contributed by atoms with Crippen LogP contribution in [0, 0.1) is 11.8 Å². The summed E-state index contributed by atoms with van der Waals surface area (Å²) in [6, 6.07) is 23.9. The van der Waals surface area contributed by atoms with Gasteiger partial charge in [-0.2, -0.15) is 0 Å². The molecule has 4 aliphatic rings. The molecular weight excluding hydrogens is 573 g/mol. The predicted octanol–water partition coefficient (Wildman–Crippen LogP) is 6.34. The zero-order valence-electron chi connectivity index (χ0n) is 23.2. The third kappa shape index (κ3) is 4.22. The van der Waals surface area contributed by atoms with Gasteiger partial charge in [0.15, 0.2) is 6.10 Å². The zero-order valence-corrected chi connectivity index (χ0v) is 24.7. The van der Waals surface area contributed by atoms with Gasteiger partial charge in [-0.3, -0.25) is 24.1 Å². The van der Waals surface area contributed by atoms with Gasteiger partial charge in [-0.1, -0.05) is 92.2 Å². The van der Waals surface area contributed by atoms with Crippen molar-refractivity contribution in [2.24, 2.45) is 11.8 Å². The molecular formula is C34H31Cl2NO5. The number of ether oxygens (including phenoxy) is 1. The van der Waals surface area contributed by atoms with Gasteiger partial charge >= 0.3 is 5.97 Å². The highest BCUT2D eigenvalue weighted by molar-refractivity contribution is 6.36. The molecule has 216 valence electrons. The fourth-order valence-corrected chi connectivity index (χ4v) is 8.09. The second kappa shape index (κ2) is 11.0. The minimum Gasteiger partial charge on any atom is -0.454 e. The van der Waals surface area contributed by atoms with E-state index < -0.39 is 33.7 Å². The Morgan fingerprint density at radius 3 is 1.71 bits per heavy atom. The largest absolute Gasteiger partial charge is 0.454 e. The highest BCUT2D eigenvalue weighted by Crippen LogP contribution is 2.69. The molecule has 0 spiro atoms. The van der Waals surface area contributed by atoms with Crippen molar-refractivity contribution in [3.05, 3.63) is 107 Å². The molecule has 0 unspecified atom stereocenters. The second-order valence-electron chi connectivity index (χ2n) is 11.2. The normalized spacial score (nSPS) is 25.9. The average Bonchev–Trinajstić information content (AvgIpc) is 3.28. The molecule has 1 fully saturated rings. The van der Waals surface area contributed by atoms with Crippen molar-refractivity contribution in [3.63, 3.8) is 0 Å². The topological polar surface area (TPSA) is 80.8 Å². The number of rotatable bonds is 10. The van der Waals surface area contributed by atoms with E-state index in [0.29, 0.717) is 31.2 Å². The maximum atomic E-state index is 13.9. The van der Waals surface area contributed by atoms with Gasteiger partial charge in [0.1, 0.15) is 9.75 Å². The number of amides is 2. The summed E-state index contributed by atoms with van der Waals surface area (Å²) in [5, 5.41) is 0. The molecule has 3 atom stereocenters. The first-order chi connectivity index (χ1) is 20.2. The number of imide groups is 1. The highest BCUT2D eigenvalue weighted by Gasteiger charge is 2.72. The minimum atomic E-state index is -1.19. The number of carbonyl (C=O) groups excluding carboxylic acids is 4. The first-order valence-electron chi connectivity index (χ1n) is 14.5. The molecule has 8 heteroatoms. The average molecular weight is 605 g/mol. The van der Waals surface area contributed by atoms with E-state index in [-0.39, 0.29) is 30.6 Å². The summed E-state index contributed by atoms with van der Waals surface area (Å²) in [6.45, 7) is 2.02. The van der Waals surface area contributed by atoms with Crippen LogP contribution < -0.4 is 0 Å². The minimum absolute atomic E-state index is 0.145. The monoisotopic (exact) mass is 603 g/mol. The smallest absolute Gasteiger partial charge is 0.306 e. The zero-order chi connectivity index (χ0) is 29.6. The third-order valence-corrected chi connectivity index (χ3v) is 10.2. The Bertz CT molecular complexity index is 1450. The number of unbranched alkanes of at least 4 members (excludes halogenated alkanes) is 2. The van der Waals surface area contributed by atoms with E-state index in [1.165, 1.54) is 4.90 Å². The number of nitrogens with zero attached hydrogens (tertiary/aromatic N) is 1. The number of alkyl halides is 2. The highest BCUT2D eigenvalue weighted by atomic mass is 35.5. The number of benzene rings is 3. The Labute approximate surface area is 254 Å². The van der Waals surface area contributed by atoms with Crippen molar-refractivity contribution >= 4 is 46.8 Å². The number of halogens is 2. The van der Waals surface area contributed by atoms with Crippen molar-refractivity contribution in [1.29, 1.82) is 0 Å². The van der Waals surface area contributed by atoms with E-state index in [9.17, 15) is 19.2 Å². The summed E-state index contributed by atoms with van der Waals surface area (Å²) in [6.07, 6.45) is 1.34. The van der Waals surface area contributed by atoms with Gasteiger partial charge in [0, 0.05) is 18.5 Å². The van der Waals surface area contributed by atoms with Gasteiger partial charge in [0.25, 0.3) is 0 Å². The van der Waals surface area contributed by atoms with Crippen LogP contribution in [-0.4, -0.2) is 41.1 Å². The molecule has 3 aromatic rings. The molecule has 3 aliphatic carbocycles. The molecule has 2 amide bonds. The van der Waals surface area contributed by atoms with Gasteiger partial charge in [-0.05, 0) is 41.5 Å².